The summed E-state index contributed by atoms with van der Waals surface area (Å²) in [5, 5.41) is 2.96. The third-order valence-corrected chi connectivity index (χ3v) is 2.69. The summed E-state index contributed by atoms with van der Waals surface area (Å²) in [6, 6.07) is 0. The number of halogens is 1. The van der Waals surface area contributed by atoms with Crippen LogP contribution in [-0.4, -0.2) is 23.6 Å². The van der Waals surface area contributed by atoms with E-state index in [9.17, 15) is 9.59 Å². The van der Waals surface area contributed by atoms with E-state index in [1.807, 2.05) is 6.08 Å². The first kappa shape index (κ1) is 12.2. The lowest BCUT2D eigenvalue weighted by atomic mass is 10.1. The number of nitrogens with one attached hydrogen (secondary N) is 1. The van der Waals surface area contributed by atoms with E-state index in [2.05, 4.69) is 33.4 Å². The van der Waals surface area contributed by atoms with Gasteiger partial charge in [0.1, 0.15) is 0 Å². The van der Waals surface area contributed by atoms with E-state index in [0.29, 0.717) is 6.54 Å². The molecule has 82 valence electrons. The van der Waals surface area contributed by atoms with Gasteiger partial charge in [0, 0.05) is 6.54 Å². The molecule has 1 aliphatic rings. The Morgan fingerprint density at radius 3 is 2.80 bits per heavy atom. The molecule has 0 heterocycles. The summed E-state index contributed by atoms with van der Waals surface area (Å²) in [7, 11) is 0. The Morgan fingerprint density at radius 2 is 2.20 bits per heavy atom. The summed E-state index contributed by atoms with van der Waals surface area (Å²) < 4.78 is 0. The van der Waals surface area contributed by atoms with Crippen molar-refractivity contribution in [2.75, 3.05) is 11.9 Å². The first-order chi connectivity index (χ1) is 7.22. The van der Waals surface area contributed by atoms with Gasteiger partial charge in [-0.25, -0.2) is 0 Å². The Balaban J connectivity index is 2.24. The van der Waals surface area contributed by atoms with E-state index in [0.717, 1.165) is 18.4 Å². The SMILES string of the molecule is O=C(CBr)CC(=O)NCC1=CCCC=C1. The number of amides is 1. The fourth-order valence-electron chi connectivity index (χ4n) is 1.29. The molecule has 1 aliphatic carbocycles. The molecular formula is C11H14BrNO2. The standard InChI is InChI=1S/C11H14BrNO2/c12-7-10(14)6-11(15)13-8-9-4-2-1-3-5-9/h2,4-5H,1,3,6-8H2,(H,13,15). The van der Waals surface area contributed by atoms with E-state index in [1.165, 1.54) is 0 Å². The molecule has 0 radical (unpaired) electrons. The predicted octanol–water partition coefficient (Wildman–Crippen LogP) is 1.73. The highest BCUT2D eigenvalue weighted by Crippen LogP contribution is 2.08. The second-order valence-corrected chi connectivity index (χ2v) is 3.95. The number of ketones is 1. The molecule has 0 spiro atoms. The zero-order chi connectivity index (χ0) is 11.1. The van der Waals surface area contributed by atoms with Crippen molar-refractivity contribution in [1.29, 1.82) is 0 Å². The maximum atomic E-state index is 11.3. The van der Waals surface area contributed by atoms with E-state index < -0.39 is 0 Å². The molecule has 0 bridgehead atoms. The van der Waals surface area contributed by atoms with Crippen molar-refractivity contribution < 1.29 is 9.59 Å². The molecule has 15 heavy (non-hydrogen) atoms. The van der Waals surface area contributed by atoms with Crippen LogP contribution in [0.4, 0.5) is 0 Å². The third kappa shape index (κ3) is 4.93. The number of alkyl halides is 1. The maximum Gasteiger partial charge on any atom is 0.227 e. The van der Waals surface area contributed by atoms with Gasteiger partial charge in [0.15, 0.2) is 5.78 Å². The van der Waals surface area contributed by atoms with Crippen LogP contribution in [0.25, 0.3) is 0 Å². The number of carbonyl (C=O) groups is 2. The molecule has 0 aromatic heterocycles. The minimum Gasteiger partial charge on any atom is -0.352 e. The molecule has 0 aliphatic heterocycles. The molecule has 1 amide bonds. The van der Waals surface area contributed by atoms with Crippen molar-refractivity contribution in [3.05, 3.63) is 23.8 Å². The topological polar surface area (TPSA) is 46.2 Å². The van der Waals surface area contributed by atoms with Crippen molar-refractivity contribution >= 4 is 27.6 Å². The Hall–Kier alpha value is -0.900. The van der Waals surface area contributed by atoms with Gasteiger partial charge < -0.3 is 5.32 Å². The van der Waals surface area contributed by atoms with Crippen molar-refractivity contribution in [3.63, 3.8) is 0 Å². The summed E-state index contributed by atoms with van der Waals surface area (Å²) in [5.74, 6) is -0.306. The fraction of sp³-hybridized carbons (Fsp3) is 0.455. The van der Waals surface area contributed by atoms with Crippen LogP contribution in [0, 0.1) is 0 Å². The number of hydrogen-bond donors (Lipinski definition) is 1. The normalized spacial score (nSPS) is 14.6. The number of allylic oxidation sites excluding steroid dienone is 2. The molecule has 0 aromatic carbocycles. The quantitative estimate of drug-likeness (QED) is 0.612. The smallest absolute Gasteiger partial charge is 0.227 e. The number of carbonyl (C=O) groups excluding carboxylic acids is 2. The predicted molar refractivity (Wildman–Crippen MR) is 62.9 cm³/mol. The Labute approximate surface area is 97.7 Å². The number of Topliss-reactive ketones (excluding diaryl/α,β-unsaturated/α-hetero) is 1. The van der Waals surface area contributed by atoms with Gasteiger partial charge in [0.2, 0.25) is 5.91 Å². The molecule has 3 nitrogen and oxygen atoms in total. The first-order valence-corrected chi connectivity index (χ1v) is 6.04. The molecule has 1 N–H and O–H groups in total. The van der Waals surface area contributed by atoms with Crippen LogP contribution in [0.1, 0.15) is 19.3 Å². The van der Waals surface area contributed by atoms with E-state index in [1.54, 1.807) is 0 Å². The van der Waals surface area contributed by atoms with E-state index in [-0.39, 0.29) is 23.4 Å². The van der Waals surface area contributed by atoms with Crippen LogP contribution in [0.5, 0.6) is 0 Å². The highest BCUT2D eigenvalue weighted by atomic mass is 79.9. The van der Waals surface area contributed by atoms with Crippen LogP contribution in [-0.2, 0) is 9.59 Å². The molecule has 0 saturated heterocycles. The van der Waals surface area contributed by atoms with Gasteiger partial charge >= 0.3 is 0 Å². The third-order valence-electron chi connectivity index (χ3n) is 2.07. The van der Waals surface area contributed by atoms with Gasteiger partial charge in [-0.05, 0) is 18.4 Å². The van der Waals surface area contributed by atoms with Gasteiger partial charge in [-0.2, -0.15) is 0 Å². The van der Waals surface area contributed by atoms with Crippen LogP contribution in [0.3, 0.4) is 0 Å². The highest BCUT2D eigenvalue weighted by molar-refractivity contribution is 9.09. The van der Waals surface area contributed by atoms with Gasteiger partial charge in [-0.1, -0.05) is 34.2 Å². The van der Waals surface area contributed by atoms with Crippen molar-refractivity contribution in [1.82, 2.24) is 5.32 Å². The van der Waals surface area contributed by atoms with Gasteiger partial charge in [0.05, 0.1) is 11.8 Å². The lowest BCUT2D eigenvalue weighted by Gasteiger charge is -2.08. The lowest BCUT2D eigenvalue weighted by Crippen LogP contribution is -2.27. The highest BCUT2D eigenvalue weighted by Gasteiger charge is 2.07. The average molecular weight is 272 g/mol. The van der Waals surface area contributed by atoms with Gasteiger partial charge in [-0.3, -0.25) is 9.59 Å². The number of rotatable bonds is 5. The Kier molecular flexibility index (Phi) is 5.32. The van der Waals surface area contributed by atoms with E-state index >= 15 is 0 Å². The van der Waals surface area contributed by atoms with Crippen molar-refractivity contribution in [2.24, 2.45) is 0 Å². The first-order valence-electron chi connectivity index (χ1n) is 4.92. The molecule has 0 aromatic rings. The molecule has 0 atom stereocenters. The molecular weight excluding hydrogens is 258 g/mol. The summed E-state index contributed by atoms with van der Waals surface area (Å²) in [4.78, 5) is 22.2. The fourth-order valence-corrected chi connectivity index (χ4v) is 1.49. The molecule has 1 rings (SSSR count). The monoisotopic (exact) mass is 271 g/mol. The summed E-state index contributed by atoms with van der Waals surface area (Å²) in [6.45, 7) is 0.519. The van der Waals surface area contributed by atoms with Gasteiger partial charge in [0.25, 0.3) is 0 Å². The largest absolute Gasteiger partial charge is 0.352 e. The lowest BCUT2D eigenvalue weighted by molar-refractivity contribution is -0.126. The van der Waals surface area contributed by atoms with Crippen LogP contribution >= 0.6 is 15.9 Å². The summed E-state index contributed by atoms with van der Waals surface area (Å²) in [5.41, 5.74) is 1.11. The van der Waals surface area contributed by atoms with Crippen LogP contribution in [0.2, 0.25) is 0 Å². The summed E-state index contributed by atoms with van der Waals surface area (Å²) in [6.07, 6.45) is 8.26. The second-order valence-electron chi connectivity index (χ2n) is 3.38. The second kappa shape index (κ2) is 6.56. The van der Waals surface area contributed by atoms with Crippen LogP contribution < -0.4 is 5.32 Å². The minimum absolute atomic E-state index is 0.0394. The molecule has 0 unspecified atom stereocenters. The zero-order valence-electron chi connectivity index (χ0n) is 8.46. The average Bonchev–Trinajstić information content (AvgIpc) is 2.27. The molecule has 0 saturated carbocycles. The Morgan fingerprint density at radius 1 is 1.40 bits per heavy atom. The summed E-state index contributed by atoms with van der Waals surface area (Å²) >= 11 is 3.02. The zero-order valence-corrected chi connectivity index (χ0v) is 10.0. The van der Waals surface area contributed by atoms with Crippen molar-refractivity contribution in [3.8, 4) is 0 Å². The van der Waals surface area contributed by atoms with Crippen molar-refractivity contribution in [2.45, 2.75) is 19.3 Å². The van der Waals surface area contributed by atoms with Gasteiger partial charge in [-0.15, -0.1) is 0 Å². The van der Waals surface area contributed by atoms with Crippen LogP contribution in [0.15, 0.2) is 23.8 Å². The Bertz CT molecular complexity index is 308. The number of hydrogen-bond acceptors (Lipinski definition) is 2. The van der Waals surface area contributed by atoms with E-state index in [4.69, 9.17) is 0 Å². The minimum atomic E-state index is -0.209. The maximum absolute atomic E-state index is 11.3. The molecule has 0 fully saturated rings. The molecule has 4 heteroatoms.